The SMILES string of the molecule is Fc1ccc(-c2nc(CSc3nnc(C4CC4)n3Cc3ccco3)co2)cc1. The first-order chi connectivity index (χ1) is 13.8. The van der Waals surface area contributed by atoms with Crippen LogP contribution in [0.4, 0.5) is 4.39 Å². The van der Waals surface area contributed by atoms with Gasteiger partial charge < -0.3 is 8.83 Å². The van der Waals surface area contributed by atoms with Gasteiger partial charge in [0.2, 0.25) is 5.89 Å². The van der Waals surface area contributed by atoms with E-state index in [4.69, 9.17) is 8.83 Å². The minimum atomic E-state index is -0.284. The Morgan fingerprint density at radius 1 is 1.11 bits per heavy atom. The summed E-state index contributed by atoms with van der Waals surface area (Å²) in [6.07, 6.45) is 5.62. The maximum atomic E-state index is 13.1. The molecule has 0 radical (unpaired) electrons. The Hall–Kier alpha value is -2.87. The third kappa shape index (κ3) is 3.60. The average molecular weight is 396 g/mol. The molecule has 0 N–H and O–H groups in total. The molecule has 0 aliphatic heterocycles. The number of halogens is 1. The average Bonchev–Trinajstić information content (AvgIpc) is 3.10. The van der Waals surface area contributed by atoms with Crippen LogP contribution in [0.2, 0.25) is 0 Å². The molecular weight excluding hydrogens is 379 g/mol. The zero-order valence-electron chi connectivity index (χ0n) is 14.9. The monoisotopic (exact) mass is 396 g/mol. The Morgan fingerprint density at radius 3 is 2.71 bits per heavy atom. The van der Waals surface area contributed by atoms with Crippen molar-refractivity contribution in [3.8, 4) is 11.5 Å². The second kappa shape index (κ2) is 7.27. The number of aromatic nitrogens is 4. The van der Waals surface area contributed by atoms with Gasteiger partial charge in [0.1, 0.15) is 23.7 Å². The van der Waals surface area contributed by atoms with Crippen molar-refractivity contribution >= 4 is 11.8 Å². The summed E-state index contributed by atoms with van der Waals surface area (Å²) in [7, 11) is 0. The number of benzene rings is 1. The van der Waals surface area contributed by atoms with Crippen LogP contribution < -0.4 is 0 Å². The van der Waals surface area contributed by atoms with E-state index in [1.807, 2.05) is 12.1 Å². The van der Waals surface area contributed by atoms with Crippen molar-refractivity contribution in [2.75, 3.05) is 0 Å². The molecule has 28 heavy (non-hydrogen) atoms. The van der Waals surface area contributed by atoms with E-state index >= 15 is 0 Å². The van der Waals surface area contributed by atoms with Crippen LogP contribution in [0.25, 0.3) is 11.5 Å². The van der Waals surface area contributed by atoms with Gasteiger partial charge in [-0.1, -0.05) is 11.8 Å². The number of nitrogens with zero attached hydrogens (tertiary/aromatic N) is 4. The van der Waals surface area contributed by atoms with Gasteiger partial charge in [-0.05, 0) is 49.2 Å². The lowest BCUT2D eigenvalue weighted by atomic mass is 10.2. The zero-order chi connectivity index (χ0) is 18.9. The minimum absolute atomic E-state index is 0.284. The lowest BCUT2D eigenvalue weighted by Crippen LogP contribution is -2.05. The fourth-order valence-electron chi connectivity index (χ4n) is 2.99. The zero-order valence-corrected chi connectivity index (χ0v) is 15.7. The number of furan rings is 1. The summed E-state index contributed by atoms with van der Waals surface area (Å²) < 4.78 is 26.2. The molecular formula is C20H17FN4O2S. The predicted molar refractivity (Wildman–Crippen MR) is 101 cm³/mol. The van der Waals surface area contributed by atoms with Gasteiger partial charge in [-0.3, -0.25) is 4.57 Å². The van der Waals surface area contributed by atoms with Gasteiger partial charge in [0, 0.05) is 17.2 Å². The molecule has 1 fully saturated rings. The highest BCUT2D eigenvalue weighted by Crippen LogP contribution is 2.40. The van der Waals surface area contributed by atoms with Crippen molar-refractivity contribution in [2.24, 2.45) is 0 Å². The van der Waals surface area contributed by atoms with Gasteiger partial charge in [-0.15, -0.1) is 10.2 Å². The molecule has 4 aromatic rings. The lowest BCUT2D eigenvalue weighted by molar-refractivity contribution is 0.478. The highest BCUT2D eigenvalue weighted by molar-refractivity contribution is 7.98. The Morgan fingerprint density at radius 2 is 1.96 bits per heavy atom. The summed E-state index contributed by atoms with van der Waals surface area (Å²) in [5, 5.41) is 9.62. The molecule has 0 amide bonds. The van der Waals surface area contributed by atoms with Crippen LogP contribution in [-0.4, -0.2) is 19.7 Å². The van der Waals surface area contributed by atoms with Crippen molar-refractivity contribution in [3.05, 3.63) is 72.0 Å². The standard InChI is InChI=1S/C20H17FN4O2S/c21-15-7-5-14(6-8-15)19-22-16(11-27-19)12-28-20-24-23-18(13-3-4-13)25(20)10-17-2-1-9-26-17/h1-2,5-9,11,13H,3-4,10,12H2. The summed E-state index contributed by atoms with van der Waals surface area (Å²) in [6.45, 7) is 0.619. The molecule has 5 rings (SSSR count). The Kier molecular flexibility index (Phi) is 4.48. The molecule has 0 bridgehead atoms. The molecule has 3 heterocycles. The predicted octanol–water partition coefficient (Wildman–Crippen LogP) is 4.88. The second-order valence-electron chi connectivity index (χ2n) is 6.72. The van der Waals surface area contributed by atoms with Crippen LogP contribution in [0.3, 0.4) is 0 Å². The maximum absolute atomic E-state index is 13.1. The Bertz CT molecular complexity index is 1070. The van der Waals surface area contributed by atoms with Crippen LogP contribution in [0.5, 0.6) is 0 Å². The third-order valence-electron chi connectivity index (χ3n) is 4.57. The van der Waals surface area contributed by atoms with Crippen molar-refractivity contribution < 1.29 is 13.2 Å². The van der Waals surface area contributed by atoms with Gasteiger partial charge in [-0.25, -0.2) is 9.37 Å². The molecule has 0 spiro atoms. The summed E-state index contributed by atoms with van der Waals surface area (Å²) in [6, 6.07) is 9.93. The van der Waals surface area contributed by atoms with E-state index in [0.29, 0.717) is 24.1 Å². The minimum Gasteiger partial charge on any atom is -0.467 e. The second-order valence-corrected chi connectivity index (χ2v) is 7.66. The van der Waals surface area contributed by atoms with Crippen LogP contribution in [0, 0.1) is 5.82 Å². The molecule has 0 atom stereocenters. The topological polar surface area (TPSA) is 69.9 Å². The highest BCUT2D eigenvalue weighted by Gasteiger charge is 2.30. The fourth-order valence-corrected chi connectivity index (χ4v) is 3.82. The van der Waals surface area contributed by atoms with Gasteiger partial charge in [0.25, 0.3) is 0 Å². The smallest absolute Gasteiger partial charge is 0.226 e. The van der Waals surface area contributed by atoms with E-state index in [1.54, 1.807) is 36.4 Å². The number of oxazole rings is 1. The van der Waals surface area contributed by atoms with Crippen molar-refractivity contribution in [2.45, 2.75) is 36.2 Å². The van der Waals surface area contributed by atoms with Gasteiger partial charge >= 0.3 is 0 Å². The number of thioether (sulfide) groups is 1. The maximum Gasteiger partial charge on any atom is 0.226 e. The van der Waals surface area contributed by atoms with Gasteiger partial charge in [0.15, 0.2) is 5.16 Å². The molecule has 1 aliphatic rings. The van der Waals surface area contributed by atoms with E-state index in [9.17, 15) is 4.39 Å². The molecule has 0 unspecified atom stereocenters. The Balaban J connectivity index is 1.32. The summed E-state index contributed by atoms with van der Waals surface area (Å²) in [4.78, 5) is 4.50. The largest absolute Gasteiger partial charge is 0.467 e. The van der Waals surface area contributed by atoms with Crippen LogP contribution >= 0.6 is 11.8 Å². The van der Waals surface area contributed by atoms with Crippen molar-refractivity contribution in [3.63, 3.8) is 0 Å². The first-order valence-corrected chi connectivity index (χ1v) is 10.0. The van der Waals surface area contributed by atoms with E-state index in [1.165, 1.54) is 12.1 Å². The molecule has 8 heteroatoms. The van der Waals surface area contributed by atoms with Crippen molar-refractivity contribution in [1.82, 2.24) is 19.7 Å². The summed E-state index contributed by atoms with van der Waals surface area (Å²) in [5.41, 5.74) is 1.54. The van der Waals surface area contributed by atoms with Gasteiger partial charge in [0.05, 0.1) is 18.5 Å². The van der Waals surface area contributed by atoms with Gasteiger partial charge in [-0.2, -0.15) is 0 Å². The quantitative estimate of drug-likeness (QED) is 0.415. The normalized spacial score (nSPS) is 13.9. The van der Waals surface area contributed by atoms with E-state index in [2.05, 4.69) is 19.7 Å². The van der Waals surface area contributed by atoms with E-state index < -0.39 is 0 Å². The number of rotatable bonds is 7. The van der Waals surface area contributed by atoms with Crippen molar-refractivity contribution in [1.29, 1.82) is 0 Å². The van der Waals surface area contributed by atoms with E-state index in [0.717, 1.165) is 40.8 Å². The number of hydrogen-bond donors (Lipinski definition) is 0. The summed E-state index contributed by atoms with van der Waals surface area (Å²) in [5.74, 6) is 3.19. The molecule has 1 aliphatic carbocycles. The molecule has 142 valence electrons. The Labute approximate surface area is 164 Å². The lowest BCUT2D eigenvalue weighted by Gasteiger charge is -2.07. The molecule has 0 saturated heterocycles. The van der Waals surface area contributed by atoms with Crippen LogP contribution in [-0.2, 0) is 12.3 Å². The molecule has 1 aromatic carbocycles. The molecule has 6 nitrogen and oxygen atoms in total. The van der Waals surface area contributed by atoms with Crippen LogP contribution in [0.1, 0.15) is 36.0 Å². The number of hydrogen-bond acceptors (Lipinski definition) is 6. The van der Waals surface area contributed by atoms with Crippen LogP contribution in [0.15, 0.2) is 62.9 Å². The summed E-state index contributed by atoms with van der Waals surface area (Å²) >= 11 is 1.56. The van der Waals surface area contributed by atoms with E-state index in [-0.39, 0.29) is 5.82 Å². The first kappa shape index (κ1) is 17.2. The molecule has 3 aromatic heterocycles. The molecule has 1 saturated carbocycles. The highest BCUT2D eigenvalue weighted by atomic mass is 32.2. The first-order valence-electron chi connectivity index (χ1n) is 9.05. The third-order valence-corrected chi connectivity index (χ3v) is 5.57. The fraction of sp³-hybridized carbons (Fsp3) is 0.250.